The van der Waals surface area contributed by atoms with Gasteiger partial charge in [-0.25, -0.2) is 8.42 Å². The lowest BCUT2D eigenvalue weighted by molar-refractivity contribution is -0.153. The predicted molar refractivity (Wildman–Crippen MR) is 174 cm³/mol. The minimum atomic E-state index is -3.89. The zero-order valence-corrected chi connectivity index (χ0v) is 27.8. The molecule has 3 aliphatic rings. The number of rotatable bonds is 13. The molecule has 1 fully saturated rings. The summed E-state index contributed by atoms with van der Waals surface area (Å²) < 4.78 is 56.1. The molecule has 0 aliphatic carbocycles. The molecule has 252 valence electrons. The number of sulfonamides is 1. The van der Waals surface area contributed by atoms with Gasteiger partial charge in [0.05, 0.1) is 25.2 Å². The van der Waals surface area contributed by atoms with Gasteiger partial charge in [0.15, 0.2) is 17.3 Å². The van der Waals surface area contributed by atoms with Gasteiger partial charge in [0.25, 0.3) is 5.91 Å². The van der Waals surface area contributed by atoms with Crippen molar-refractivity contribution in [3.8, 4) is 17.2 Å². The number of benzene rings is 2. The molecule has 0 radical (unpaired) electrons. The first-order valence-corrected chi connectivity index (χ1v) is 17.8. The first kappa shape index (κ1) is 33.2. The molecular formula is C33H39N3O9S2. The number of aliphatic hydroxyl groups is 1. The summed E-state index contributed by atoms with van der Waals surface area (Å²) >= 11 is 1.60. The van der Waals surface area contributed by atoms with E-state index in [1.807, 2.05) is 41.8 Å². The number of methoxy groups -OCH3 is 1. The van der Waals surface area contributed by atoms with E-state index in [1.54, 1.807) is 28.4 Å². The molecule has 3 aliphatic heterocycles. The summed E-state index contributed by atoms with van der Waals surface area (Å²) in [5.41, 5.74) is 1.13. The minimum absolute atomic E-state index is 0.00320. The van der Waals surface area contributed by atoms with Gasteiger partial charge in [-0.2, -0.15) is 4.31 Å². The van der Waals surface area contributed by atoms with Crippen molar-refractivity contribution >= 4 is 27.3 Å². The monoisotopic (exact) mass is 685 g/mol. The van der Waals surface area contributed by atoms with E-state index in [0.717, 1.165) is 28.5 Å². The molecule has 0 saturated carbocycles. The van der Waals surface area contributed by atoms with Gasteiger partial charge >= 0.3 is 0 Å². The second kappa shape index (κ2) is 15.0. The molecule has 3 aromatic rings. The number of thiophene rings is 1. The van der Waals surface area contributed by atoms with Crippen LogP contribution in [0.25, 0.3) is 0 Å². The van der Waals surface area contributed by atoms with Crippen molar-refractivity contribution in [1.29, 1.82) is 0 Å². The van der Waals surface area contributed by atoms with Gasteiger partial charge in [0, 0.05) is 63.0 Å². The summed E-state index contributed by atoms with van der Waals surface area (Å²) in [6.45, 7) is 3.09. The maximum absolute atomic E-state index is 13.7. The van der Waals surface area contributed by atoms with E-state index in [4.69, 9.17) is 23.7 Å². The van der Waals surface area contributed by atoms with Crippen LogP contribution in [0.15, 0.2) is 76.7 Å². The molecule has 14 heteroatoms. The molecule has 12 nitrogen and oxygen atoms in total. The Bertz CT molecular complexity index is 1640. The fourth-order valence-electron chi connectivity index (χ4n) is 5.82. The highest BCUT2D eigenvalue weighted by atomic mass is 32.2. The molecule has 1 amide bonds. The summed E-state index contributed by atoms with van der Waals surface area (Å²) in [4.78, 5) is 19.0. The highest BCUT2D eigenvalue weighted by Crippen LogP contribution is 2.35. The van der Waals surface area contributed by atoms with Crippen LogP contribution in [-0.2, 0) is 30.8 Å². The third kappa shape index (κ3) is 7.91. The smallest absolute Gasteiger partial charge is 0.288 e. The lowest BCUT2D eigenvalue weighted by Crippen LogP contribution is -2.49. The highest BCUT2D eigenvalue weighted by Gasteiger charge is 2.33. The molecule has 1 aromatic heterocycles. The van der Waals surface area contributed by atoms with Gasteiger partial charge < -0.3 is 33.7 Å². The highest BCUT2D eigenvalue weighted by molar-refractivity contribution is 7.89. The third-order valence-corrected chi connectivity index (χ3v) is 11.3. The van der Waals surface area contributed by atoms with Crippen molar-refractivity contribution in [2.24, 2.45) is 0 Å². The number of amides is 1. The number of nitrogens with zero attached hydrogens (tertiary/aromatic N) is 3. The van der Waals surface area contributed by atoms with Crippen molar-refractivity contribution in [3.63, 3.8) is 0 Å². The van der Waals surface area contributed by atoms with Crippen LogP contribution in [0.2, 0.25) is 0 Å². The Hall–Kier alpha value is -3.66. The number of carbonyl (C=O) groups excluding carboxylic acids is 1. The number of ether oxygens (including phenoxy) is 5. The Morgan fingerprint density at radius 3 is 2.55 bits per heavy atom. The van der Waals surface area contributed by atoms with Crippen LogP contribution in [0, 0.1) is 0 Å². The molecule has 47 heavy (non-hydrogen) atoms. The summed E-state index contributed by atoms with van der Waals surface area (Å²) in [5, 5.41) is 11.6. The van der Waals surface area contributed by atoms with Crippen molar-refractivity contribution in [3.05, 3.63) is 82.3 Å². The number of hydrogen-bond acceptors (Lipinski definition) is 11. The van der Waals surface area contributed by atoms with E-state index in [2.05, 4.69) is 4.90 Å². The van der Waals surface area contributed by atoms with E-state index in [-0.39, 0.29) is 55.6 Å². The standard InChI is InChI=1S/C33H39N3O9S2/c1-41-26-5-7-27(8-6-26)47(39,40)36(14-16-37)15-17-42-32-21-25(31-3-2-18-46-31)20-30(45-32)33(38)35-12-10-34(11-13-35)22-24-4-9-28-29(19-24)44-23-43-28/h2-9,18-20,25,32,37H,10-17,21-23H2,1H3/t25-,32+/m0/s1. The summed E-state index contributed by atoms with van der Waals surface area (Å²) in [6, 6.07) is 16.0. The van der Waals surface area contributed by atoms with Crippen LogP contribution in [-0.4, -0.2) is 106 Å². The Balaban J connectivity index is 1.06. The van der Waals surface area contributed by atoms with Gasteiger partial charge in [-0.15, -0.1) is 11.3 Å². The fourth-order valence-corrected chi connectivity index (χ4v) is 8.05. The van der Waals surface area contributed by atoms with Crippen LogP contribution in [0.4, 0.5) is 0 Å². The number of piperazine rings is 1. The molecule has 0 bridgehead atoms. The van der Waals surface area contributed by atoms with Gasteiger partial charge in [-0.1, -0.05) is 12.1 Å². The minimum Gasteiger partial charge on any atom is -0.497 e. The van der Waals surface area contributed by atoms with Crippen LogP contribution in [0.5, 0.6) is 17.2 Å². The molecule has 1 saturated heterocycles. The molecule has 6 rings (SSSR count). The summed E-state index contributed by atoms with van der Waals surface area (Å²) in [5.74, 6) is 2.02. The number of fused-ring (bicyclic) bond motifs is 1. The Kier molecular flexibility index (Phi) is 10.6. The first-order chi connectivity index (χ1) is 22.8. The molecule has 0 spiro atoms. The Labute approximate surface area is 278 Å². The SMILES string of the molecule is COc1ccc(S(=O)(=O)N(CCO)CCO[C@H]2C[C@@H](c3cccs3)C=C(C(=O)N3CCN(Cc4ccc5c(c4)OCO5)CC3)O2)cc1. The van der Waals surface area contributed by atoms with E-state index in [1.165, 1.54) is 23.5 Å². The lowest BCUT2D eigenvalue weighted by atomic mass is 9.99. The maximum atomic E-state index is 13.7. The quantitative estimate of drug-likeness (QED) is 0.287. The van der Waals surface area contributed by atoms with Crippen LogP contribution in [0.3, 0.4) is 0 Å². The van der Waals surface area contributed by atoms with Crippen molar-refractivity contribution in [2.75, 3.05) is 66.4 Å². The molecule has 2 atom stereocenters. The average molecular weight is 686 g/mol. The topological polar surface area (TPSA) is 127 Å². The Morgan fingerprint density at radius 1 is 1.04 bits per heavy atom. The van der Waals surface area contributed by atoms with Gasteiger partial charge in [0.1, 0.15) is 5.75 Å². The summed E-state index contributed by atoms with van der Waals surface area (Å²) in [6.07, 6.45) is 1.60. The van der Waals surface area contributed by atoms with Crippen molar-refractivity contribution in [1.82, 2.24) is 14.1 Å². The number of aliphatic hydroxyl groups excluding tert-OH is 1. The van der Waals surface area contributed by atoms with Crippen LogP contribution in [0.1, 0.15) is 22.8 Å². The van der Waals surface area contributed by atoms with E-state index in [9.17, 15) is 18.3 Å². The van der Waals surface area contributed by atoms with Gasteiger partial charge in [-0.3, -0.25) is 9.69 Å². The number of carbonyl (C=O) groups is 1. The molecular weight excluding hydrogens is 647 g/mol. The first-order valence-electron chi connectivity index (χ1n) is 15.5. The number of hydrogen-bond donors (Lipinski definition) is 1. The van der Waals surface area contributed by atoms with E-state index in [0.29, 0.717) is 38.3 Å². The molecule has 2 aromatic carbocycles. The Morgan fingerprint density at radius 2 is 1.83 bits per heavy atom. The number of allylic oxidation sites excluding steroid dienone is 1. The molecule has 1 N–H and O–H groups in total. The fraction of sp³-hybridized carbons (Fsp3) is 0.424. The maximum Gasteiger partial charge on any atom is 0.288 e. The zero-order chi connectivity index (χ0) is 32.8. The zero-order valence-electron chi connectivity index (χ0n) is 26.2. The van der Waals surface area contributed by atoms with Crippen molar-refractivity contribution < 1.29 is 42.0 Å². The van der Waals surface area contributed by atoms with Gasteiger partial charge in [-0.05, 0) is 59.5 Å². The molecule has 4 heterocycles. The normalized spacial score (nSPS) is 19.8. The van der Waals surface area contributed by atoms with Crippen LogP contribution < -0.4 is 14.2 Å². The predicted octanol–water partition coefficient (Wildman–Crippen LogP) is 3.24. The van der Waals surface area contributed by atoms with Gasteiger partial charge in [0.2, 0.25) is 23.1 Å². The van der Waals surface area contributed by atoms with Crippen LogP contribution >= 0.6 is 11.3 Å². The largest absolute Gasteiger partial charge is 0.497 e. The summed E-state index contributed by atoms with van der Waals surface area (Å²) in [7, 11) is -2.39. The van der Waals surface area contributed by atoms with E-state index >= 15 is 0 Å². The molecule has 0 unspecified atom stereocenters. The average Bonchev–Trinajstić information content (AvgIpc) is 3.81. The lowest BCUT2D eigenvalue weighted by Gasteiger charge is -2.36. The van der Waals surface area contributed by atoms with E-state index < -0.39 is 16.3 Å². The second-order valence-corrected chi connectivity index (χ2v) is 14.3. The van der Waals surface area contributed by atoms with Crippen molar-refractivity contribution in [2.45, 2.75) is 30.1 Å². The second-order valence-electron chi connectivity index (χ2n) is 11.4. The third-order valence-electron chi connectivity index (χ3n) is 8.37.